The van der Waals surface area contributed by atoms with Crippen LogP contribution in [0.15, 0.2) is 18.2 Å². The molecule has 0 amide bonds. The lowest BCUT2D eigenvalue weighted by Gasteiger charge is -2.23. The molecule has 0 aliphatic carbocycles. The van der Waals surface area contributed by atoms with Crippen molar-refractivity contribution in [1.29, 1.82) is 0 Å². The summed E-state index contributed by atoms with van der Waals surface area (Å²) in [6, 6.07) is 5.48. The van der Waals surface area contributed by atoms with Crippen LogP contribution < -0.4 is 14.2 Å². The van der Waals surface area contributed by atoms with Crippen molar-refractivity contribution in [3.05, 3.63) is 23.8 Å². The van der Waals surface area contributed by atoms with E-state index >= 15 is 0 Å². The van der Waals surface area contributed by atoms with E-state index in [4.69, 9.17) is 14.2 Å². The zero-order valence-corrected chi connectivity index (χ0v) is 12.5. The highest BCUT2D eigenvalue weighted by Gasteiger charge is 2.27. The Morgan fingerprint density at radius 3 is 2.52 bits per heavy atom. The van der Waals surface area contributed by atoms with E-state index in [0.717, 1.165) is 5.56 Å². The molecule has 1 aromatic carbocycles. The van der Waals surface area contributed by atoms with E-state index in [0.29, 0.717) is 50.8 Å². The number of ether oxygens (including phenoxy) is 3. The first-order chi connectivity index (χ1) is 10.1. The van der Waals surface area contributed by atoms with Gasteiger partial charge in [0.2, 0.25) is 10.0 Å². The average molecular weight is 313 g/mol. The van der Waals surface area contributed by atoms with Gasteiger partial charge in [-0.3, -0.25) is 0 Å². The maximum absolute atomic E-state index is 12.2. The monoisotopic (exact) mass is 313 g/mol. The summed E-state index contributed by atoms with van der Waals surface area (Å²) in [5.41, 5.74) is 0.856. The second-order valence-electron chi connectivity index (χ2n) is 5.16. The number of rotatable bonds is 4. The van der Waals surface area contributed by atoms with Crippen LogP contribution in [0.5, 0.6) is 11.5 Å². The van der Waals surface area contributed by atoms with Crippen LogP contribution in [0, 0.1) is 0 Å². The number of benzene rings is 1. The minimum absolute atomic E-state index is 0.260. The Morgan fingerprint density at radius 2 is 1.76 bits per heavy atom. The first-order valence-corrected chi connectivity index (χ1v) is 8.64. The summed E-state index contributed by atoms with van der Waals surface area (Å²) in [4.78, 5) is 0. The fourth-order valence-electron chi connectivity index (χ4n) is 2.49. The lowest BCUT2D eigenvalue weighted by atomic mass is 10.2. The van der Waals surface area contributed by atoms with E-state index < -0.39 is 10.0 Å². The molecule has 0 spiro atoms. The molecule has 2 aliphatic heterocycles. The minimum atomic E-state index is -3.30. The number of nitrogens with one attached hydrogen (secondary N) is 1. The Bertz CT molecular complexity index is 595. The standard InChI is InChI=1S/C14H19NO5S/c16-21(17,12-3-5-18-6-4-12)15-10-11-1-2-13-14(9-11)20-8-7-19-13/h1-2,9,12,15H,3-8,10H2. The van der Waals surface area contributed by atoms with Crippen LogP contribution >= 0.6 is 0 Å². The number of sulfonamides is 1. The van der Waals surface area contributed by atoms with E-state index in [9.17, 15) is 8.42 Å². The summed E-state index contributed by atoms with van der Waals surface area (Å²) >= 11 is 0. The first kappa shape index (κ1) is 14.6. The summed E-state index contributed by atoms with van der Waals surface area (Å²) in [5, 5.41) is -0.358. The van der Waals surface area contributed by atoms with Gasteiger partial charge in [0.1, 0.15) is 13.2 Å². The summed E-state index contributed by atoms with van der Waals surface area (Å²) < 4.78 is 43.3. The molecule has 0 radical (unpaired) electrons. The van der Waals surface area contributed by atoms with Crippen LogP contribution in [0.25, 0.3) is 0 Å². The molecule has 0 aromatic heterocycles. The Kier molecular flexibility index (Phi) is 4.32. The van der Waals surface area contributed by atoms with Gasteiger partial charge in [-0.2, -0.15) is 0 Å². The normalized spacial score (nSPS) is 19.4. The molecule has 0 bridgehead atoms. The van der Waals surface area contributed by atoms with Crippen molar-refractivity contribution < 1.29 is 22.6 Å². The van der Waals surface area contributed by atoms with Crippen molar-refractivity contribution in [2.75, 3.05) is 26.4 Å². The molecule has 2 aliphatic rings. The molecule has 1 aromatic rings. The highest BCUT2D eigenvalue weighted by atomic mass is 32.2. The molecule has 2 heterocycles. The molecule has 0 unspecified atom stereocenters. The highest BCUT2D eigenvalue weighted by Crippen LogP contribution is 2.30. The second kappa shape index (κ2) is 6.21. The molecule has 6 nitrogen and oxygen atoms in total. The van der Waals surface area contributed by atoms with Crippen molar-refractivity contribution in [2.24, 2.45) is 0 Å². The van der Waals surface area contributed by atoms with Gasteiger partial charge in [-0.15, -0.1) is 0 Å². The highest BCUT2D eigenvalue weighted by molar-refractivity contribution is 7.90. The number of hydrogen-bond acceptors (Lipinski definition) is 5. The van der Waals surface area contributed by atoms with Gasteiger partial charge in [0, 0.05) is 19.8 Å². The Labute approximate surface area is 124 Å². The minimum Gasteiger partial charge on any atom is -0.486 e. The fourth-order valence-corrected chi connectivity index (χ4v) is 3.90. The van der Waals surface area contributed by atoms with Crippen LogP contribution in [0.3, 0.4) is 0 Å². The van der Waals surface area contributed by atoms with Gasteiger partial charge in [0.15, 0.2) is 11.5 Å². The van der Waals surface area contributed by atoms with Crippen LogP contribution in [-0.2, 0) is 21.3 Å². The van der Waals surface area contributed by atoms with E-state index in [1.54, 1.807) is 0 Å². The maximum atomic E-state index is 12.2. The van der Waals surface area contributed by atoms with Gasteiger partial charge < -0.3 is 14.2 Å². The Balaban J connectivity index is 1.64. The largest absolute Gasteiger partial charge is 0.486 e. The molecule has 3 rings (SSSR count). The second-order valence-corrected chi connectivity index (χ2v) is 7.20. The molecular formula is C14H19NO5S. The van der Waals surface area contributed by atoms with Gasteiger partial charge in [0.25, 0.3) is 0 Å². The van der Waals surface area contributed by atoms with Crippen molar-refractivity contribution >= 4 is 10.0 Å². The summed E-state index contributed by atoms with van der Waals surface area (Å²) in [7, 11) is -3.30. The third kappa shape index (κ3) is 3.48. The van der Waals surface area contributed by atoms with Crippen LogP contribution in [0.1, 0.15) is 18.4 Å². The fraction of sp³-hybridized carbons (Fsp3) is 0.571. The zero-order chi connectivity index (χ0) is 14.7. The van der Waals surface area contributed by atoms with E-state index in [1.165, 1.54) is 0 Å². The quantitative estimate of drug-likeness (QED) is 0.899. The molecule has 1 N–H and O–H groups in total. The molecule has 7 heteroatoms. The number of fused-ring (bicyclic) bond motifs is 1. The molecule has 0 atom stereocenters. The van der Waals surface area contributed by atoms with E-state index in [1.807, 2.05) is 18.2 Å². The molecule has 1 fully saturated rings. The Morgan fingerprint density at radius 1 is 1.05 bits per heavy atom. The summed E-state index contributed by atoms with van der Waals surface area (Å²) in [6.45, 7) is 2.34. The first-order valence-electron chi connectivity index (χ1n) is 7.10. The predicted octanol–water partition coefficient (Wildman–Crippen LogP) is 1.06. The van der Waals surface area contributed by atoms with Gasteiger partial charge in [-0.05, 0) is 30.5 Å². The maximum Gasteiger partial charge on any atom is 0.214 e. The lowest BCUT2D eigenvalue weighted by Crippen LogP contribution is -2.37. The zero-order valence-electron chi connectivity index (χ0n) is 11.7. The molecule has 1 saturated heterocycles. The molecule has 116 valence electrons. The number of hydrogen-bond donors (Lipinski definition) is 1. The van der Waals surface area contributed by atoms with Crippen molar-refractivity contribution in [1.82, 2.24) is 4.72 Å². The van der Waals surface area contributed by atoms with Crippen molar-refractivity contribution in [3.8, 4) is 11.5 Å². The molecule has 0 saturated carbocycles. The lowest BCUT2D eigenvalue weighted by molar-refractivity contribution is 0.0981. The third-order valence-corrected chi connectivity index (χ3v) is 5.59. The third-order valence-electron chi connectivity index (χ3n) is 3.69. The van der Waals surface area contributed by atoms with Crippen LogP contribution in [0.2, 0.25) is 0 Å². The summed E-state index contributed by atoms with van der Waals surface area (Å²) in [5.74, 6) is 1.38. The van der Waals surface area contributed by atoms with Gasteiger partial charge in [-0.1, -0.05) is 6.07 Å². The van der Waals surface area contributed by atoms with Crippen LogP contribution in [-0.4, -0.2) is 40.1 Å². The van der Waals surface area contributed by atoms with E-state index in [2.05, 4.69) is 4.72 Å². The summed E-state index contributed by atoms with van der Waals surface area (Å²) in [6.07, 6.45) is 1.10. The molecular weight excluding hydrogens is 294 g/mol. The predicted molar refractivity (Wildman–Crippen MR) is 77.0 cm³/mol. The van der Waals surface area contributed by atoms with E-state index in [-0.39, 0.29) is 11.8 Å². The topological polar surface area (TPSA) is 73.9 Å². The van der Waals surface area contributed by atoms with Gasteiger partial charge >= 0.3 is 0 Å². The average Bonchev–Trinajstić information content (AvgIpc) is 2.54. The van der Waals surface area contributed by atoms with Gasteiger partial charge in [0.05, 0.1) is 5.25 Å². The smallest absolute Gasteiger partial charge is 0.214 e. The van der Waals surface area contributed by atoms with Crippen molar-refractivity contribution in [3.63, 3.8) is 0 Å². The van der Waals surface area contributed by atoms with Crippen LogP contribution in [0.4, 0.5) is 0 Å². The van der Waals surface area contributed by atoms with Crippen molar-refractivity contribution in [2.45, 2.75) is 24.6 Å². The molecule has 21 heavy (non-hydrogen) atoms. The SMILES string of the molecule is O=S(=O)(NCc1ccc2c(c1)OCCO2)C1CCOCC1. The van der Waals surface area contributed by atoms with Gasteiger partial charge in [-0.25, -0.2) is 13.1 Å². The Hall–Kier alpha value is -1.31.